The normalized spacial score (nSPS) is 18.8. The predicted molar refractivity (Wildman–Crippen MR) is 133 cm³/mol. The molecule has 1 atom stereocenters. The van der Waals surface area contributed by atoms with Crippen LogP contribution < -0.4 is 5.32 Å². The number of hydrogen-bond acceptors (Lipinski definition) is 5. The van der Waals surface area contributed by atoms with E-state index in [0.717, 1.165) is 5.56 Å². The topological polar surface area (TPSA) is 82.2 Å². The first-order valence-electron chi connectivity index (χ1n) is 12.1. The van der Waals surface area contributed by atoms with Gasteiger partial charge in [0, 0.05) is 51.0 Å². The summed E-state index contributed by atoms with van der Waals surface area (Å²) in [4.78, 5) is 44.1. The minimum Gasteiger partial charge on any atom is -0.463 e. The van der Waals surface area contributed by atoms with Crippen molar-refractivity contribution in [1.29, 1.82) is 0 Å². The van der Waals surface area contributed by atoms with Gasteiger partial charge in [0.05, 0.1) is 18.2 Å². The van der Waals surface area contributed by atoms with E-state index in [1.807, 2.05) is 36.1 Å². The summed E-state index contributed by atoms with van der Waals surface area (Å²) >= 11 is 0. The molecule has 2 aliphatic heterocycles. The zero-order valence-electron chi connectivity index (χ0n) is 20.8. The smallest absolute Gasteiger partial charge is 0.338 e. The van der Waals surface area contributed by atoms with E-state index < -0.39 is 17.8 Å². The highest BCUT2D eigenvalue weighted by Crippen LogP contribution is 2.32. The molecule has 1 saturated heterocycles. The highest BCUT2D eigenvalue weighted by atomic mass is 19.1. The van der Waals surface area contributed by atoms with Gasteiger partial charge < -0.3 is 15.0 Å². The van der Waals surface area contributed by atoms with Crippen molar-refractivity contribution in [1.82, 2.24) is 20.0 Å². The average Bonchev–Trinajstić information content (AvgIpc) is 2.87. The number of nitrogens with zero attached hydrogens (tertiary/aromatic N) is 3. The zero-order valence-corrected chi connectivity index (χ0v) is 20.8. The number of amides is 3. The molecule has 1 N–H and O–H groups in total. The fourth-order valence-corrected chi connectivity index (χ4v) is 4.53. The van der Waals surface area contributed by atoms with Crippen LogP contribution in [0.4, 0.5) is 9.18 Å². The van der Waals surface area contributed by atoms with Crippen LogP contribution in [0.15, 0.2) is 59.8 Å². The number of nitrogens with one attached hydrogen (secondary N) is 1. The van der Waals surface area contributed by atoms with E-state index in [-0.39, 0.29) is 24.1 Å². The molecule has 0 aliphatic carbocycles. The first-order valence-corrected chi connectivity index (χ1v) is 12.1. The lowest BCUT2D eigenvalue weighted by Crippen LogP contribution is -2.53. The van der Waals surface area contributed by atoms with Crippen LogP contribution in [0.2, 0.25) is 0 Å². The number of likely N-dealkylation sites (N-methyl/N-ethyl adjacent to an activating group) is 1. The molecule has 2 aromatic rings. The van der Waals surface area contributed by atoms with Crippen molar-refractivity contribution in [3.05, 3.63) is 82.3 Å². The lowest BCUT2D eigenvalue weighted by Gasteiger charge is -2.39. The molecule has 0 spiro atoms. The van der Waals surface area contributed by atoms with Crippen molar-refractivity contribution in [3.63, 3.8) is 0 Å². The molecule has 0 aromatic heterocycles. The first-order chi connectivity index (χ1) is 17.3. The summed E-state index contributed by atoms with van der Waals surface area (Å²) in [5.74, 6) is -1.02. The van der Waals surface area contributed by atoms with Gasteiger partial charge in [0.25, 0.3) is 5.91 Å². The van der Waals surface area contributed by atoms with Crippen molar-refractivity contribution >= 4 is 17.9 Å². The largest absolute Gasteiger partial charge is 0.463 e. The van der Waals surface area contributed by atoms with Gasteiger partial charge in [0.2, 0.25) is 0 Å². The number of esters is 1. The Labute approximate surface area is 210 Å². The lowest BCUT2D eigenvalue weighted by atomic mass is 9.94. The fourth-order valence-electron chi connectivity index (χ4n) is 4.53. The van der Waals surface area contributed by atoms with Gasteiger partial charge in [-0.3, -0.25) is 14.6 Å². The summed E-state index contributed by atoms with van der Waals surface area (Å²) in [6, 6.07) is 12.1. The molecule has 0 saturated carbocycles. The van der Waals surface area contributed by atoms with E-state index in [1.54, 1.807) is 26.1 Å². The molecule has 0 unspecified atom stereocenters. The van der Waals surface area contributed by atoms with E-state index >= 15 is 0 Å². The maximum Gasteiger partial charge on any atom is 0.338 e. The van der Waals surface area contributed by atoms with Gasteiger partial charge >= 0.3 is 12.0 Å². The summed E-state index contributed by atoms with van der Waals surface area (Å²) in [7, 11) is 1.60. The SMILES string of the molecule is CCOC(=O)C1=C(CN2CCN(C(=O)c3ccc(C)cc3)CC2)N(C)C(=O)N[C@@H]1c1cccc(F)c1. The highest BCUT2D eigenvalue weighted by Gasteiger charge is 2.38. The third-order valence-corrected chi connectivity index (χ3v) is 6.59. The summed E-state index contributed by atoms with van der Waals surface area (Å²) < 4.78 is 19.3. The third-order valence-electron chi connectivity index (χ3n) is 6.59. The number of hydrogen-bond donors (Lipinski definition) is 1. The monoisotopic (exact) mass is 494 g/mol. The van der Waals surface area contributed by atoms with E-state index in [1.165, 1.54) is 17.0 Å². The number of ether oxygens (including phenoxy) is 1. The molecule has 0 radical (unpaired) electrons. The second kappa shape index (κ2) is 10.9. The van der Waals surface area contributed by atoms with Crippen molar-refractivity contribution in [2.45, 2.75) is 19.9 Å². The maximum absolute atomic E-state index is 14.0. The van der Waals surface area contributed by atoms with Crippen LogP contribution >= 0.6 is 0 Å². The third kappa shape index (κ3) is 5.41. The molecule has 2 aromatic carbocycles. The molecule has 1 fully saturated rings. The number of piperazine rings is 1. The second-order valence-corrected chi connectivity index (χ2v) is 9.01. The Morgan fingerprint density at radius 1 is 1.08 bits per heavy atom. The Morgan fingerprint density at radius 3 is 2.42 bits per heavy atom. The van der Waals surface area contributed by atoms with Crippen LogP contribution in [0.1, 0.15) is 34.5 Å². The number of aryl methyl sites for hydroxylation is 1. The molecule has 8 nitrogen and oxygen atoms in total. The van der Waals surface area contributed by atoms with Gasteiger partial charge in [-0.05, 0) is 43.7 Å². The van der Waals surface area contributed by atoms with Gasteiger partial charge in [-0.2, -0.15) is 0 Å². The summed E-state index contributed by atoms with van der Waals surface area (Å²) in [5.41, 5.74) is 3.00. The Kier molecular flexibility index (Phi) is 7.69. The molecular formula is C27H31FN4O4. The summed E-state index contributed by atoms with van der Waals surface area (Å²) in [6.45, 7) is 6.39. The minimum absolute atomic E-state index is 0.0126. The molecule has 9 heteroatoms. The Hall–Kier alpha value is -3.72. The van der Waals surface area contributed by atoms with Gasteiger partial charge in [0.1, 0.15) is 5.82 Å². The number of carbonyl (C=O) groups excluding carboxylic acids is 3. The number of halogens is 1. The average molecular weight is 495 g/mol. The molecule has 4 rings (SSSR count). The van der Waals surface area contributed by atoms with Crippen LogP contribution in [0.25, 0.3) is 0 Å². The Bertz CT molecular complexity index is 1170. The van der Waals surface area contributed by atoms with Crippen LogP contribution in [0.5, 0.6) is 0 Å². The maximum atomic E-state index is 14.0. The Morgan fingerprint density at radius 2 is 1.78 bits per heavy atom. The van der Waals surface area contributed by atoms with Crippen LogP contribution in [0, 0.1) is 12.7 Å². The highest BCUT2D eigenvalue weighted by molar-refractivity contribution is 5.95. The molecule has 36 heavy (non-hydrogen) atoms. The van der Waals surface area contributed by atoms with Crippen LogP contribution in [0.3, 0.4) is 0 Å². The van der Waals surface area contributed by atoms with Crippen LogP contribution in [-0.2, 0) is 9.53 Å². The van der Waals surface area contributed by atoms with Gasteiger partial charge in [-0.1, -0.05) is 29.8 Å². The van der Waals surface area contributed by atoms with Crippen molar-refractivity contribution < 1.29 is 23.5 Å². The quantitative estimate of drug-likeness (QED) is 0.624. The van der Waals surface area contributed by atoms with Crippen molar-refractivity contribution in [2.75, 3.05) is 46.4 Å². The van der Waals surface area contributed by atoms with E-state index in [0.29, 0.717) is 49.5 Å². The van der Waals surface area contributed by atoms with Gasteiger partial charge in [-0.25, -0.2) is 14.0 Å². The number of urea groups is 1. The standard InChI is InChI=1S/C27H31FN4O4/c1-4-36-26(34)23-22(30(3)27(35)29-24(23)20-6-5-7-21(28)16-20)17-31-12-14-32(15-13-31)25(33)19-10-8-18(2)9-11-19/h5-11,16,24H,4,12-15,17H2,1-3H3,(H,29,35)/t24-/m1/s1. The van der Waals surface area contributed by atoms with Crippen LogP contribution in [-0.4, -0.2) is 79.0 Å². The van der Waals surface area contributed by atoms with E-state index in [4.69, 9.17) is 4.74 Å². The minimum atomic E-state index is -0.831. The van der Waals surface area contributed by atoms with E-state index in [2.05, 4.69) is 10.2 Å². The Balaban J connectivity index is 1.56. The summed E-state index contributed by atoms with van der Waals surface area (Å²) in [5, 5.41) is 2.80. The predicted octanol–water partition coefficient (Wildman–Crippen LogP) is 3.11. The number of benzene rings is 2. The molecule has 0 bridgehead atoms. The van der Waals surface area contributed by atoms with E-state index in [9.17, 15) is 18.8 Å². The molecule has 3 amide bonds. The first kappa shape index (κ1) is 25.4. The van der Waals surface area contributed by atoms with Crippen molar-refractivity contribution in [2.24, 2.45) is 0 Å². The molecule has 2 heterocycles. The van der Waals surface area contributed by atoms with Crippen molar-refractivity contribution in [3.8, 4) is 0 Å². The number of carbonyl (C=O) groups is 3. The second-order valence-electron chi connectivity index (χ2n) is 9.01. The molecular weight excluding hydrogens is 463 g/mol. The molecule has 2 aliphatic rings. The fraction of sp³-hybridized carbons (Fsp3) is 0.370. The van der Waals surface area contributed by atoms with Gasteiger partial charge in [0.15, 0.2) is 0 Å². The van der Waals surface area contributed by atoms with Gasteiger partial charge in [-0.15, -0.1) is 0 Å². The number of rotatable bonds is 6. The lowest BCUT2D eigenvalue weighted by molar-refractivity contribution is -0.139. The summed E-state index contributed by atoms with van der Waals surface area (Å²) in [6.07, 6.45) is 0. The zero-order chi connectivity index (χ0) is 25.8. The molecule has 190 valence electrons.